The molecule has 6 heteroatoms. The molecule has 0 spiro atoms. The van der Waals surface area contributed by atoms with Gasteiger partial charge in [0, 0.05) is 22.9 Å². The maximum atomic E-state index is 13.1. The van der Waals surface area contributed by atoms with Gasteiger partial charge in [0.25, 0.3) is 0 Å². The van der Waals surface area contributed by atoms with Gasteiger partial charge in [-0.1, -0.05) is 60.7 Å². The van der Waals surface area contributed by atoms with Crippen molar-refractivity contribution in [1.29, 1.82) is 0 Å². The number of ether oxygens (including phenoxy) is 2. The van der Waals surface area contributed by atoms with E-state index in [2.05, 4.69) is 0 Å². The molecule has 0 radical (unpaired) electrons. The van der Waals surface area contributed by atoms with E-state index in [4.69, 9.17) is 18.3 Å². The van der Waals surface area contributed by atoms with Gasteiger partial charge < -0.3 is 18.3 Å². The van der Waals surface area contributed by atoms with E-state index in [1.165, 1.54) is 0 Å². The number of fused-ring (bicyclic) bond motifs is 5. The highest BCUT2D eigenvalue weighted by molar-refractivity contribution is 6.05. The molecule has 6 nitrogen and oxygen atoms in total. The first-order valence-corrected chi connectivity index (χ1v) is 12.7. The molecule has 7 rings (SSSR count). The average molecular weight is 527 g/mol. The van der Waals surface area contributed by atoms with E-state index in [9.17, 15) is 9.59 Å². The lowest BCUT2D eigenvalue weighted by atomic mass is 9.97. The summed E-state index contributed by atoms with van der Waals surface area (Å²) in [7, 11) is 3.10. The molecule has 0 N–H and O–H groups in total. The summed E-state index contributed by atoms with van der Waals surface area (Å²) in [6.07, 6.45) is 0. The first-order valence-electron chi connectivity index (χ1n) is 12.7. The summed E-state index contributed by atoms with van der Waals surface area (Å²) in [6, 6.07) is 30.4. The van der Waals surface area contributed by atoms with Crippen molar-refractivity contribution in [3.05, 3.63) is 118 Å². The summed E-state index contributed by atoms with van der Waals surface area (Å²) in [4.78, 5) is 26.0. The molecule has 40 heavy (non-hydrogen) atoms. The molecular formula is C34H22O6. The smallest absolute Gasteiger partial charge is 0.344 e. The highest BCUT2D eigenvalue weighted by atomic mass is 16.5. The Kier molecular flexibility index (Phi) is 5.42. The van der Waals surface area contributed by atoms with Crippen molar-refractivity contribution in [3.63, 3.8) is 0 Å². The molecule has 2 heterocycles. The zero-order valence-electron chi connectivity index (χ0n) is 21.7. The molecule has 0 saturated carbocycles. The van der Waals surface area contributed by atoms with Crippen LogP contribution in [0.3, 0.4) is 0 Å². The van der Waals surface area contributed by atoms with Gasteiger partial charge in [-0.15, -0.1) is 0 Å². The highest BCUT2D eigenvalue weighted by Gasteiger charge is 2.15. The molecule has 0 saturated heterocycles. The SMILES string of the molecule is COc1cc(OC)c2cc(-c3ccc4cc(-c5cc6ccc7ccccc7c6oc5=O)ccc4c3)c(=O)oc2c1. The van der Waals surface area contributed by atoms with Gasteiger partial charge in [0.15, 0.2) is 0 Å². The number of benzene rings is 5. The molecule has 0 fully saturated rings. The molecule has 0 aliphatic rings. The number of methoxy groups -OCH3 is 2. The Morgan fingerprint density at radius 1 is 0.550 bits per heavy atom. The first-order chi connectivity index (χ1) is 19.5. The van der Waals surface area contributed by atoms with E-state index >= 15 is 0 Å². The first kappa shape index (κ1) is 23.7. The molecule has 194 valence electrons. The van der Waals surface area contributed by atoms with Gasteiger partial charge in [-0.3, -0.25) is 0 Å². The van der Waals surface area contributed by atoms with Crippen molar-refractivity contribution in [2.45, 2.75) is 0 Å². The van der Waals surface area contributed by atoms with Crippen molar-refractivity contribution in [1.82, 2.24) is 0 Å². The van der Waals surface area contributed by atoms with Crippen LogP contribution in [0.1, 0.15) is 0 Å². The number of hydrogen-bond acceptors (Lipinski definition) is 6. The molecule has 0 atom stereocenters. The fourth-order valence-electron chi connectivity index (χ4n) is 5.28. The lowest BCUT2D eigenvalue weighted by Crippen LogP contribution is -2.04. The van der Waals surface area contributed by atoms with Gasteiger partial charge in [0.2, 0.25) is 0 Å². The van der Waals surface area contributed by atoms with E-state index < -0.39 is 5.63 Å². The largest absolute Gasteiger partial charge is 0.496 e. The molecule has 0 aliphatic heterocycles. The normalized spacial score (nSPS) is 11.4. The lowest BCUT2D eigenvalue weighted by Gasteiger charge is -2.10. The Morgan fingerprint density at radius 3 is 1.93 bits per heavy atom. The summed E-state index contributed by atoms with van der Waals surface area (Å²) >= 11 is 0. The van der Waals surface area contributed by atoms with E-state index in [0.717, 1.165) is 32.5 Å². The second-order valence-corrected chi connectivity index (χ2v) is 9.62. The van der Waals surface area contributed by atoms with Crippen molar-refractivity contribution in [3.8, 4) is 33.8 Å². The van der Waals surface area contributed by atoms with Crippen LogP contribution in [0, 0.1) is 0 Å². The molecule has 0 unspecified atom stereocenters. The summed E-state index contributed by atoms with van der Waals surface area (Å²) in [6.45, 7) is 0. The number of hydrogen-bond donors (Lipinski definition) is 0. The fraction of sp³-hybridized carbons (Fsp3) is 0.0588. The zero-order chi connectivity index (χ0) is 27.4. The minimum Gasteiger partial charge on any atom is -0.496 e. The second kappa shape index (κ2) is 9.13. The standard InChI is InChI=1S/C34H22O6/c1-37-25-16-30(38-2)29-18-28(33(35)39-31(29)17-25)23-11-9-20-13-22(10-8-21(20)14-23)27-15-24-12-7-19-5-3-4-6-26(19)32(24)40-34(27)36/h3-18H,1-2H3. The molecule has 0 bridgehead atoms. The summed E-state index contributed by atoms with van der Waals surface area (Å²) in [5.41, 5.74) is 2.51. The van der Waals surface area contributed by atoms with Gasteiger partial charge in [0.1, 0.15) is 22.7 Å². The summed E-state index contributed by atoms with van der Waals surface area (Å²) in [5.74, 6) is 1.09. The van der Waals surface area contributed by atoms with Crippen LogP contribution in [-0.4, -0.2) is 14.2 Å². The molecular weight excluding hydrogens is 504 g/mol. The van der Waals surface area contributed by atoms with E-state index in [-0.39, 0.29) is 5.63 Å². The predicted molar refractivity (Wildman–Crippen MR) is 158 cm³/mol. The third kappa shape index (κ3) is 3.81. The predicted octanol–water partition coefficient (Wildman–Crippen LogP) is 7.56. The zero-order valence-corrected chi connectivity index (χ0v) is 21.7. The Hall–Kier alpha value is -5.36. The maximum absolute atomic E-state index is 13.1. The Labute approximate surface area is 227 Å². The molecule has 7 aromatic rings. The van der Waals surface area contributed by atoms with Gasteiger partial charge >= 0.3 is 11.3 Å². The van der Waals surface area contributed by atoms with E-state index in [1.807, 2.05) is 78.9 Å². The summed E-state index contributed by atoms with van der Waals surface area (Å²) in [5, 5.41) is 5.30. The van der Waals surface area contributed by atoms with Gasteiger partial charge in [-0.05, 0) is 51.6 Å². The van der Waals surface area contributed by atoms with Gasteiger partial charge in [-0.25, -0.2) is 9.59 Å². The van der Waals surface area contributed by atoms with Crippen LogP contribution in [-0.2, 0) is 0 Å². The van der Waals surface area contributed by atoms with Crippen molar-refractivity contribution >= 4 is 43.5 Å². The maximum Gasteiger partial charge on any atom is 0.344 e. The Bertz CT molecular complexity index is 2240. The second-order valence-electron chi connectivity index (χ2n) is 9.62. The minimum absolute atomic E-state index is 0.387. The highest BCUT2D eigenvalue weighted by Crippen LogP contribution is 2.34. The van der Waals surface area contributed by atoms with Crippen molar-refractivity contribution < 1.29 is 18.3 Å². The minimum atomic E-state index is -0.458. The quantitative estimate of drug-likeness (QED) is 0.174. The molecule has 2 aromatic heterocycles. The van der Waals surface area contributed by atoms with Crippen molar-refractivity contribution in [2.24, 2.45) is 0 Å². The lowest BCUT2D eigenvalue weighted by molar-refractivity contribution is 0.396. The van der Waals surface area contributed by atoms with Crippen LogP contribution in [0.5, 0.6) is 11.5 Å². The molecule has 0 aliphatic carbocycles. The van der Waals surface area contributed by atoms with Crippen LogP contribution in [0.2, 0.25) is 0 Å². The Morgan fingerprint density at radius 2 is 1.20 bits per heavy atom. The van der Waals surface area contributed by atoms with Crippen LogP contribution < -0.4 is 20.7 Å². The third-order valence-corrected chi connectivity index (χ3v) is 7.33. The summed E-state index contributed by atoms with van der Waals surface area (Å²) < 4.78 is 22.2. The van der Waals surface area contributed by atoms with Crippen LogP contribution >= 0.6 is 0 Å². The van der Waals surface area contributed by atoms with E-state index in [0.29, 0.717) is 44.7 Å². The monoisotopic (exact) mass is 526 g/mol. The topological polar surface area (TPSA) is 78.9 Å². The van der Waals surface area contributed by atoms with E-state index in [1.54, 1.807) is 32.4 Å². The van der Waals surface area contributed by atoms with Crippen molar-refractivity contribution in [2.75, 3.05) is 14.2 Å². The number of rotatable bonds is 4. The van der Waals surface area contributed by atoms with Crippen LogP contribution in [0.25, 0.3) is 65.7 Å². The molecule has 0 amide bonds. The molecule has 5 aromatic carbocycles. The van der Waals surface area contributed by atoms with Crippen LogP contribution in [0.15, 0.2) is 115 Å². The average Bonchev–Trinajstić information content (AvgIpc) is 2.99. The third-order valence-electron chi connectivity index (χ3n) is 7.33. The Balaban J connectivity index is 1.32. The van der Waals surface area contributed by atoms with Crippen LogP contribution in [0.4, 0.5) is 0 Å². The fourth-order valence-corrected chi connectivity index (χ4v) is 5.28. The van der Waals surface area contributed by atoms with Gasteiger partial charge in [-0.2, -0.15) is 0 Å². The van der Waals surface area contributed by atoms with Gasteiger partial charge in [0.05, 0.1) is 30.7 Å².